The van der Waals surface area contributed by atoms with E-state index in [9.17, 15) is 19.5 Å². The molecule has 162 valence electrons. The Morgan fingerprint density at radius 2 is 1.34 bits per heavy atom. The van der Waals surface area contributed by atoms with Gasteiger partial charge in [-0.15, -0.1) is 0 Å². The van der Waals surface area contributed by atoms with Gasteiger partial charge in [0.1, 0.15) is 5.78 Å². The second-order valence-corrected chi connectivity index (χ2v) is 9.41. The molecule has 3 aromatic carbocycles. The summed E-state index contributed by atoms with van der Waals surface area (Å²) in [6.07, 6.45) is -0.257. The zero-order valence-electron chi connectivity index (χ0n) is 17.6. The first-order valence-electron chi connectivity index (χ1n) is 10.5. The summed E-state index contributed by atoms with van der Waals surface area (Å²) in [4.78, 5) is 40.5. The Bertz CT molecular complexity index is 1140. The van der Waals surface area contributed by atoms with Gasteiger partial charge in [0.05, 0.1) is 17.4 Å². The lowest BCUT2D eigenvalue weighted by molar-refractivity contribution is -0.134. The average Bonchev–Trinajstić information content (AvgIpc) is 2.79. The summed E-state index contributed by atoms with van der Waals surface area (Å²) in [5.41, 5.74) is -0.0551. The molecule has 1 N–H and O–H groups in total. The quantitative estimate of drug-likeness (QED) is 0.391. The highest BCUT2D eigenvalue weighted by molar-refractivity contribution is 9.10. The van der Waals surface area contributed by atoms with Gasteiger partial charge in [0.15, 0.2) is 11.6 Å². The molecule has 1 saturated carbocycles. The summed E-state index contributed by atoms with van der Waals surface area (Å²) < 4.78 is 0.840. The molecule has 0 radical (unpaired) electrons. The van der Waals surface area contributed by atoms with Crippen molar-refractivity contribution >= 4 is 33.3 Å². The normalized spacial score (nSPS) is 25.3. The van der Waals surface area contributed by atoms with Gasteiger partial charge in [-0.25, -0.2) is 0 Å². The Kier molecular flexibility index (Phi) is 6.22. The van der Waals surface area contributed by atoms with Gasteiger partial charge >= 0.3 is 0 Å². The number of Topliss-reactive ketones (excluding diaryl/α,β-unsaturated/α-hetero) is 3. The lowest BCUT2D eigenvalue weighted by Gasteiger charge is -2.45. The molecule has 4 nitrogen and oxygen atoms in total. The molecule has 1 aliphatic carbocycles. The molecule has 0 saturated heterocycles. The Morgan fingerprint density at radius 3 is 1.88 bits per heavy atom. The van der Waals surface area contributed by atoms with Crippen LogP contribution in [0, 0.1) is 11.8 Å². The van der Waals surface area contributed by atoms with Crippen LogP contribution in [0.15, 0.2) is 89.4 Å². The summed E-state index contributed by atoms with van der Waals surface area (Å²) in [6, 6.07) is 24.6. The van der Waals surface area contributed by atoms with Crippen LogP contribution >= 0.6 is 15.9 Å². The van der Waals surface area contributed by atoms with E-state index in [4.69, 9.17) is 0 Å². The van der Waals surface area contributed by atoms with Gasteiger partial charge in [-0.1, -0.05) is 88.7 Å². The van der Waals surface area contributed by atoms with E-state index in [1.165, 1.54) is 6.92 Å². The number of carbonyl (C=O) groups excluding carboxylic acids is 3. The van der Waals surface area contributed by atoms with Gasteiger partial charge in [-0.2, -0.15) is 0 Å². The maximum Gasteiger partial charge on any atom is 0.173 e. The first kappa shape index (κ1) is 22.3. The van der Waals surface area contributed by atoms with Crippen molar-refractivity contribution in [3.8, 4) is 0 Å². The van der Waals surface area contributed by atoms with Crippen LogP contribution in [0.4, 0.5) is 0 Å². The van der Waals surface area contributed by atoms with Crippen LogP contribution in [0.1, 0.15) is 45.5 Å². The van der Waals surface area contributed by atoms with Crippen molar-refractivity contribution in [2.24, 2.45) is 11.8 Å². The van der Waals surface area contributed by atoms with Gasteiger partial charge < -0.3 is 5.11 Å². The van der Waals surface area contributed by atoms with Crippen molar-refractivity contribution in [1.82, 2.24) is 0 Å². The second-order valence-electron chi connectivity index (χ2n) is 8.49. The summed E-state index contributed by atoms with van der Waals surface area (Å²) in [6.45, 7) is 1.52. The predicted octanol–water partition coefficient (Wildman–Crippen LogP) is 5.25. The lowest BCUT2D eigenvalue weighted by atomic mass is 9.58. The topological polar surface area (TPSA) is 71.4 Å². The standard InChI is InChI=1S/C27H23BrO4/c1-27(32)16-21(29)23(25(30)18-8-4-2-5-9-18)22(17-12-14-20(28)15-13-17)24(27)26(31)19-10-6-3-7-11-19/h2-15,22-24,32H,16H2,1H3/t22-,23-,24-,27+/m1/s1. The van der Waals surface area contributed by atoms with Crippen LogP contribution < -0.4 is 0 Å². The van der Waals surface area contributed by atoms with E-state index in [0.29, 0.717) is 16.7 Å². The lowest BCUT2D eigenvalue weighted by Crippen LogP contribution is -2.54. The molecule has 0 unspecified atom stereocenters. The molecule has 32 heavy (non-hydrogen) atoms. The Balaban J connectivity index is 1.89. The smallest absolute Gasteiger partial charge is 0.173 e. The Morgan fingerprint density at radius 1 is 0.844 bits per heavy atom. The number of aliphatic hydroxyl groups is 1. The number of hydrogen-bond acceptors (Lipinski definition) is 4. The van der Waals surface area contributed by atoms with Crippen molar-refractivity contribution in [2.45, 2.75) is 24.9 Å². The molecule has 0 amide bonds. The fourth-order valence-corrected chi connectivity index (χ4v) is 5.01. The molecular weight excluding hydrogens is 468 g/mol. The number of ketones is 3. The maximum atomic E-state index is 13.7. The molecule has 0 aromatic heterocycles. The third-order valence-corrected chi connectivity index (χ3v) is 6.73. The molecule has 0 bridgehead atoms. The predicted molar refractivity (Wildman–Crippen MR) is 126 cm³/mol. The molecule has 5 heteroatoms. The third-order valence-electron chi connectivity index (χ3n) is 6.20. The van der Waals surface area contributed by atoms with Gasteiger partial charge in [-0.3, -0.25) is 14.4 Å². The summed E-state index contributed by atoms with van der Waals surface area (Å²) in [7, 11) is 0. The first-order valence-corrected chi connectivity index (χ1v) is 11.3. The van der Waals surface area contributed by atoms with Crippen LogP contribution in [-0.2, 0) is 4.79 Å². The molecule has 4 rings (SSSR count). The zero-order valence-corrected chi connectivity index (χ0v) is 19.2. The van der Waals surface area contributed by atoms with E-state index < -0.39 is 23.4 Å². The zero-order chi connectivity index (χ0) is 22.9. The number of carbonyl (C=O) groups is 3. The van der Waals surface area contributed by atoms with Crippen LogP contribution in [0.3, 0.4) is 0 Å². The van der Waals surface area contributed by atoms with Gasteiger partial charge in [0.25, 0.3) is 0 Å². The van der Waals surface area contributed by atoms with Gasteiger partial charge in [-0.05, 0) is 24.6 Å². The summed E-state index contributed by atoms with van der Waals surface area (Å²) in [5, 5.41) is 11.3. The third kappa shape index (κ3) is 4.23. The van der Waals surface area contributed by atoms with Crippen molar-refractivity contribution in [1.29, 1.82) is 0 Å². The van der Waals surface area contributed by atoms with Crippen molar-refractivity contribution in [2.75, 3.05) is 0 Å². The molecule has 0 spiro atoms. The highest BCUT2D eigenvalue weighted by atomic mass is 79.9. The fraction of sp³-hybridized carbons (Fsp3) is 0.222. The van der Waals surface area contributed by atoms with Crippen LogP contribution in [0.25, 0.3) is 0 Å². The van der Waals surface area contributed by atoms with E-state index in [0.717, 1.165) is 4.47 Å². The number of rotatable bonds is 5. The summed E-state index contributed by atoms with van der Waals surface area (Å²) in [5.74, 6) is -3.77. The van der Waals surface area contributed by atoms with Gasteiger partial charge in [0, 0.05) is 27.9 Å². The molecule has 0 heterocycles. The average molecular weight is 491 g/mol. The van der Waals surface area contributed by atoms with Crippen molar-refractivity contribution in [3.05, 3.63) is 106 Å². The highest BCUT2D eigenvalue weighted by Gasteiger charge is 2.55. The number of halogens is 1. The van der Waals surface area contributed by atoms with Gasteiger partial charge in [0.2, 0.25) is 0 Å². The first-order chi connectivity index (χ1) is 15.3. The minimum atomic E-state index is -1.59. The van der Waals surface area contributed by atoms with E-state index in [-0.39, 0.29) is 23.8 Å². The fourth-order valence-electron chi connectivity index (χ4n) is 4.74. The van der Waals surface area contributed by atoms with E-state index in [1.807, 2.05) is 18.2 Å². The van der Waals surface area contributed by atoms with Crippen molar-refractivity contribution in [3.63, 3.8) is 0 Å². The number of benzene rings is 3. The minimum Gasteiger partial charge on any atom is -0.389 e. The molecule has 1 fully saturated rings. The van der Waals surface area contributed by atoms with Crippen LogP contribution in [0.5, 0.6) is 0 Å². The molecule has 4 atom stereocenters. The molecule has 3 aromatic rings. The highest BCUT2D eigenvalue weighted by Crippen LogP contribution is 2.48. The molecular formula is C27H23BrO4. The SMILES string of the molecule is C[C@]1(O)CC(=O)[C@@H](C(=O)c2ccccc2)[C@@H](c2ccc(Br)cc2)[C@@H]1C(=O)c1ccccc1. The van der Waals surface area contributed by atoms with E-state index in [2.05, 4.69) is 15.9 Å². The minimum absolute atomic E-state index is 0.257. The Hall–Kier alpha value is -2.89. The van der Waals surface area contributed by atoms with Crippen LogP contribution in [-0.4, -0.2) is 28.1 Å². The Labute approximate surface area is 195 Å². The monoisotopic (exact) mass is 490 g/mol. The maximum absolute atomic E-state index is 13.7. The molecule has 0 aliphatic heterocycles. The van der Waals surface area contributed by atoms with Crippen molar-refractivity contribution < 1.29 is 19.5 Å². The second kappa shape index (κ2) is 8.93. The van der Waals surface area contributed by atoms with E-state index >= 15 is 0 Å². The van der Waals surface area contributed by atoms with E-state index in [1.54, 1.807) is 66.7 Å². The molecule has 1 aliphatic rings. The summed E-state index contributed by atoms with van der Waals surface area (Å²) >= 11 is 3.42. The number of hydrogen-bond donors (Lipinski definition) is 1. The van der Waals surface area contributed by atoms with Crippen LogP contribution in [0.2, 0.25) is 0 Å². The largest absolute Gasteiger partial charge is 0.389 e.